The molecule has 0 bridgehead atoms. The molecule has 4 rings (SSSR count). The van der Waals surface area contributed by atoms with E-state index in [-0.39, 0.29) is 5.91 Å². The van der Waals surface area contributed by atoms with Crippen molar-refractivity contribution >= 4 is 5.91 Å². The van der Waals surface area contributed by atoms with Crippen LogP contribution in [-0.2, 0) is 11.2 Å². The molecule has 0 saturated carbocycles. The van der Waals surface area contributed by atoms with Crippen LogP contribution in [0.15, 0.2) is 42.5 Å². The molecule has 2 fully saturated rings. The summed E-state index contributed by atoms with van der Waals surface area (Å²) in [5.74, 6) is 0.738. The molecule has 4 nitrogen and oxygen atoms in total. The largest absolute Gasteiger partial charge is 0.343 e. The maximum Gasteiger partial charge on any atom is 0.219 e. The predicted molar refractivity (Wildman–Crippen MR) is 117 cm³/mol. The highest BCUT2D eigenvalue weighted by atomic mass is 16.2. The van der Waals surface area contributed by atoms with Crippen LogP contribution in [0.1, 0.15) is 61.0 Å². The maximum atomic E-state index is 11.6. The van der Waals surface area contributed by atoms with Crippen molar-refractivity contribution in [3.63, 3.8) is 0 Å². The minimum absolute atomic E-state index is 0.217. The summed E-state index contributed by atoms with van der Waals surface area (Å²) in [6.45, 7) is 7.93. The SMILES string of the molecule is CC(=O)N1CCC(N2CCC[C@H](c3cccc(Cc4cccc(C)c4)n3)C2)CC1. The molecule has 1 aromatic heterocycles. The molecule has 154 valence electrons. The Morgan fingerprint density at radius 2 is 1.86 bits per heavy atom. The van der Waals surface area contributed by atoms with Gasteiger partial charge in [0.15, 0.2) is 0 Å². The Morgan fingerprint density at radius 1 is 1.07 bits per heavy atom. The Hall–Kier alpha value is -2.20. The van der Waals surface area contributed by atoms with Crippen molar-refractivity contribution in [2.24, 2.45) is 0 Å². The second-order valence-electron chi connectivity index (χ2n) is 8.79. The first-order valence-electron chi connectivity index (χ1n) is 11.1. The van der Waals surface area contributed by atoms with E-state index in [1.165, 1.54) is 41.9 Å². The molecule has 0 aliphatic carbocycles. The highest BCUT2D eigenvalue weighted by Gasteiger charge is 2.30. The molecule has 1 aromatic carbocycles. The molecule has 2 saturated heterocycles. The fourth-order valence-corrected chi connectivity index (χ4v) is 4.98. The summed E-state index contributed by atoms with van der Waals surface area (Å²) in [7, 11) is 0. The van der Waals surface area contributed by atoms with Gasteiger partial charge in [-0.2, -0.15) is 0 Å². The molecule has 2 aromatic rings. The Bertz CT molecular complexity index is 841. The van der Waals surface area contributed by atoms with E-state index >= 15 is 0 Å². The van der Waals surface area contributed by atoms with E-state index in [2.05, 4.69) is 54.3 Å². The minimum atomic E-state index is 0.217. The third-order valence-corrected chi connectivity index (χ3v) is 6.59. The number of benzene rings is 1. The van der Waals surface area contributed by atoms with Crippen LogP contribution in [0.3, 0.4) is 0 Å². The van der Waals surface area contributed by atoms with Crippen molar-refractivity contribution < 1.29 is 4.79 Å². The van der Waals surface area contributed by atoms with Gasteiger partial charge >= 0.3 is 0 Å². The van der Waals surface area contributed by atoms with Gasteiger partial charge in [0.2, 0.25) is 5.91 Å². The number of pyridine rings is 1. The zero-order chi connectivity index (χ0) is 20.2. The van der Waals surface area contributed by atoms with Gasteiger partial charge < -0.3 is 4.90 Å². The summed E-state index contributed by atoms with van der Waals surface area (Å²) in [5.41, 5.74) is 5.05. The van der Waals surface area contributed by atoms with Crippen LogP contribution < -0.4 is 0 Å². The van der Waals surface area contributed by atoms with Gasteiger partial charge in [-0.15, -0.1) is 0 Å². The number of piperidine rings is 2. The zero-order valence-corrected chi connectivity index (χ0v) is 17.8. The average Bonchev–Trinajstić information content (AvgIpc) is 2.74. The van der Waals surface area contributed by atoms with Crippen molar-refractivity contribution in [1.82, 2.24) is 14.8 Å². The monoisotopic (exact) mass is 391 g/mol. The number of carbonyl (C=O) groups is 1. The number of aromatic nitrogens is 1. The number of hydrogen-bond acceptors (Lipinski definition) is 3. The molecule has 4 heteroatoms. The zero-order valence-electron chi connectivity index (χ0n) is 17.8. The fourth-order valence-electron chi connectivity index (χ4n) is 4.98. The summed E-state index contributed by atoms with van der Waals surface area (Å²) in [6, 6.07) is 15.9. The Balaban J connectivity index is 1.40. The minimum Gasteiger partial charge on any atom is -0.343 e. The third kappa shape index (κ3) is 5.05. The number of hydrogen-bond donors (Lipinski definition) is 0. The summed E-state index contributed by atoms with van der Waals surface area (Å²) in [6.07, 6.45) is 5.57. The summed E-state index contributed by atoms with van der Waals surface area (Å²) in [5, 5.41) is 0. The lowest BCUT2D eigenvalue weighted by Gasteiger charge is -2.42. The van der Waals surface area contributed by atoms with Crippen LogP contribution in [0.4, 0.5) is 0 Å². The summed E-state index contributed by atoms with van der Waals surface area (Å²) >= 11 is 0. The fraction of sp³-hybridized carbons (Fsp3) is 0.520. The van der Waals surface area contributed by atoms with Crippen LogP contribution in [0.25, 0.3) is 0 Å². The first kappa shape index (κ1) is 20.1. The predicted octanol–water partition coefficient (Wildman–Crippen LogP) is 4.17. The molecule has 3 heterocycles. The normalized spacial score (nSPS) is 21.3. The van der Waals surface area contributed by atoms with Crippen molar-refractivity contribution in [2.45, 2.75) is 57.9 Å². The molecular weight excluding hydrogens is 358 g/mol. The third-order valence-electron chi connectivity index (χ3n) is 6.59. The number of rotatable bonds is 4. The highest BCUT2D eigenvalue weighted by molar-refractivity contribution is 5.73. The van der Waals surface area contributed by atoms with Gasteiger partial charge in [-0.05, 0) is 56.8 Å². The van der Waals surface area contributed by atoms with Gasteiger partial charge in [0.05, 0.1) is 0 Å². The van der Waals surface area contributed by atoms with Crippen LogP contribution in [0.5, 0.6) is 0 Å². The lowest BCUT2D eigenvalue weighted by atomic mass is 9.91. The van der Waals surface area contributed by atoms with E-state index in [0.29, 0.717) is 12.0 Å². The molecule has 1 atom stereocenters. The van der Waals surface area contributed by atoms with Crippen molar-refractivity contribution in [3.8, 4) is 0 Å². The van der Waals surface area contributed by atoms with E-state index in [0.717, 1.165) is 38.9 Å². The second-order valence-corrected chi connectivity index (χ2v) is 8.79. The standard InChI is InChI=1S/C25H33N3O/c1-19-6-3-7-21(16-19)17-23-9-4-10-25(26-23)22-8-5-13-28(18-22)24-11-14-27(15-12-24)20(2)29/h3-4,6-7,9-10,16,22,24H,5,8,11-15,17-18H2,1-2H3/t22-/m0/s1. The van der Waals surface area contributed by atoms with Crippen molar-refractivity contribution in [3.05, 3.63) is 65.0 Å². The quantitative estimate of drug-likeness (QED) is 0.785. The molecule has 0 radical (unpaired) electrons. The van der Waals surface area contributed by atoms with E-state index in [1.54, 1.807) is 6.92 Å². The second kappa shape index (κ2) is 9.08. The number of aryl methyl sites for hydroxylation is 1. The van der Waals surface area contributed by atoms with Crippen LogP contribution in [0, 0.1) is 6.92 Å². The van der Waals surface area contributed by atoms with Gasteiger partial charge in [0, 0.05) is 56.3 Å². The van der Waals surface area contributed by atoms with Crippen molar-refractivity contribution in [2.75, 3.05) is 26.2 Å². The molecular formula is C25H33N3O. The van der Waals surface area contributed by atoms with Gasteiger partial charge in [0.25, 0.3) is 0 Å². The van der Waals surface area contributed by atoms with Crippen molar-refractivity contribution in [1.29, 1.82) is 0 Å². The molecule has 29 heavy (non-hydrogen) atoms. The number of carbonyl (C=O) groups excluding carboxylic acids is 1. The van der Waals surface area contributed by atoms with Gasteiger partial charge in [0.1, 0.15) is 0 Å². The van der Waals surface area contributed by atoms with E-state index in [1.807, 2.05) is 4.90 Å². The molecule has 2 aliphatic rings. The Labute approximate surface area is 174 Å². The van der Waals surface area contributed by atoms with Crippen LogP contribution in [0.2, 0.25) is 0 Å². The van der Waals surface area contributed by atoms with Gasteiger partial charge in [-0.3, -0.25) is 14.7 Å². The van der Waals surface area contributed by atoms with E-state index in [9.17, 15) is 4.79 Å². The van der Waals surface area contributed by atoms with Gasteiger partial charge in [-0.1, -0.05) is 35.9 Å². The smallest absolute Gasteiger partial charge is 0.219 e. The van der Waals surface area contributed by atoms with E-state index < -0.39 is 0 Å². The highest BCUT2D eigenvalue weighted by Crippen LogP contribution is 2.29. The Kier molecular flexibility index (Phi) is 6.29. The Morgan fingerprint density at radius 3 is 2.62 bits per heavy atom. The molecule has 0 spiro atoms. The molecule has 0 N–H and O–H groups in total. The summed E-state index contributed by atoms with van der Waals surface area (Å²) in [4.78, 5) is 21.3. The molecule has 2 aliphatic heterocycles. The average molecular weight is 392 g/mol. The van der Waals surface area contributed by atoms with Crippen LogP contribution >= 0.6 is 0 Å². The first-order chi connectivity index (χ1) is 14.1. The molecule has 0 unspecified atom stereocenters. The maximum absolute atomic E-state index is 11.6. The van der Waals surface area contributed by atoms with E-state index in [4.69, 9.17) is 4.98 Å². The topological polar surface area (TPSA) is 36.4 Å². The lowest BCUT2D eigenvalue weighted by molar-refractivity contribution is -0.130. The lowest BCUT2D eigenvalue weighted by Crippen LogP contribution is -2.49. The van der Waals surface area contributed by atoms with Crippen LogP contribution in [-0.4, -0.2) is 52.9 Å². The molecule has 1 amide bonds. The number of nitrogens with zero attached hydrogens (tertiary/aromatic N) is 3. The number of amides is 1. The summed E-state index contributed by atoms with van der Waals surface area (Å²) < 4.78 is 0. The number of likely N-dealkylation sites (tertiary alicyclic amines) is 2. The first-order valence-corrected chi connectivity index (χ1v) is 11.1. The van der Waals surface area contributed by atoms with Gasteiger partial charge in [-0.25, -0.2) is 0 Å².